The third kappa shape index (κ3) is 2.27. The first kappa shape index (κ1) is 15.1. The Balaban J connectivity index is 1.60. The number of rotatable bonds is 3. The molecule has 1 aromatic heterocycles. The quantitative estimate of drug-likeness (QED) is 0.867. The smallest absolute Gasteiger partial charge is 0.325 e. The molecule has 1 saturated heterocycles. The zero-order chi connectivity index (χ0) is 16.7. The van der Waals surface area contributed by atoms with E-state index in [4.69, 9.17) is 4.74 Å². The Morgan fingerprint density at radius 2 is 2.12 bits per heavy atom. The largest absolute Gasteiger partial charge is 0.480 e. The summed E-state index contributed by atoms with van der Waals surface area (Å²) in [7, 11) is 1.53. The number of methoxy groups -OCH3 is 1. The number of urea groups is 1. The van der Waals surface area contributed by atoms with Gasteiger partial charge in [-0.15, -0.1) is 0 Å². The molecule has 1 aromatic carbocycles. The number of nitrogens with zero attached hydrogens (tertiary/aromatic N) is 2. The first-order valence-electron chi connectivity index (χ1n) is 7.81. The van der Waals surface area contributed by atoms with Gasteiger partial charge in [0, 0.05) is 17.4 Å². The third-order valence-corrected chi connectivity index (χ3v) is 5.47. The zero-order valence-electron chi connectivity index (χ0n) is 13.2. The van der Waals surface area contributed by atoms with E-state index in [0.29, 0.717) is 18.7 Å². The lowest BCUT2D eigenvalue weighted by molar-refractivity contribution is -0.132. The second-order valence-corrected chi connectivity index (χ2v) is 6.83. The first-order chi connectivity index (χ1) is 11.6. The molecule has 0 bridgehead atoms. The first-order valence-corrected chi connectivity index (χ1v) is 8.65. The SMILES string of the molecule is COc1nscc1CN1C(=O)NC2(CCc3ccccc3C2)C1=O. The molecule has 1 unspecified atom stereocenters. The highest BCUT2D eigenvalue weighted by Gasteiger charge is 2.52. The van der Waals surface area contributed by atoms with Crippen molar-refractivity contribution in [1.82, 2.24) is 14.6 Å². The molecule has 1 N–H and O–H groups in total. The minimum atomic E-state index is -0.817. The van der Waals surface area contributed by atoms with Crippen LogP contribution in [0, 0.1) is 0 Å². The van der Waals surface area contributed by atoms with E-state index in [1.54, 1.807) is 5.38 Å². The number of hydrogen-bond acceptors (Lipinski definition) is 5. The molecule has 3 amide bonds. The predicted molar refractivity (Wildman–Crippen MR) is 88.9 cm³/mol. The molecular formula is C17H17N3O3S. The number of benzene rings is 1. The molecule has 2 heterocycles. The number of fused-ring (bicyclic) bond motifs is 1. The van der Waals surface area contributed by atoms with Gasteiger partial charge in [-0.05, 0) is 35.5 Å². The monoisotopic (exact) mass is 343 g/mol. The fourth-order valence-electron chi connectivity index (χ4n) is 3.53. The van der Waals surface area contributed by atoms with Crippen LogP contribution in [0.2, 0.25) is 0 Å². The van der Waals surface area contributed by atoms with Gasteiger partial charge in [0.05, 0.1) is 13.7 Å². The number of hydrogen-bond donors (Lipinski definition) is 1. The van der Waals surface area contributed by atoms with Crippen LogP contribution in [0.15, 0.2) is 29.6 Å². The van der Waals surface area contributed by atoms with Crippen LogP contribution in [0.3, 0.4) is 0 Å². The summed E-state index contributed by atoms with van der Waals surface area (Å²) in [5.41, 5.74) is 2.32. The number of ether oxygens (including phenoxy) is 1. The lowest BCUT2D eigenvalue weighted by Gasteiger charge is -2.32. The van der Waals surface area contributed by atoms with Crippen LogP contribution in [0.25, 0.3) is 0 Å². The van der Waals surface area contributed by atoms with E-state index < -0.39 is 5.54 Å². The Labute approximate surface area is 143 Å². The van der Waals surface area contributed by atoms with Crippen LogP contribution in [-0.4, -0.2) is 33.9 Å². The normalized spacial score (nSPS) is 22.6. The molecule has 1 aliphatic heterocycles. The summed E-state index contributed by atoms with van der Waals surface area (Å²) in [5.74, 6) is 0.311. The number of aryl methyl sites for hydroxylation is 1. The van der Waals surface area contributed by atoms with Crippen molar-refractivity contribution in [2.24, 2.45) is 0 Å². The summed E-state index contributed by atoms with van der Waals surface area (Å²) in [4.78, 5) is 26.7. The molecule has 0 radical (unpaired) electrons. The van der Waals surface area contributed by atoms with Gasteiger partial charge in [-0.2, -0.15) is 4.37 Å². The average Bonchev–Trinajstić information content (AvgIpc) is 3.13. The summed E-state index contributed by atoms with van der Waals surface area (Å²) in [6.45, 7) is 0.188. The summed E-state index contributed by atoms with van der Waals surface area (Å²) < 4.78 is 9.29. The van der Waals surface area contributed by atoms with Crippen molar-refractivity contribution in [3.8, 4) is 5.88 Å². The molecule has 2 aromatic rings. The number of carbonyl (C=O) groups excluding carboxylic acids is 2. The van der Waals surface area contributed by atoms with Gasteiger partial charge in [0.15, 0.2) is 0 Å². The van der Waals surface area contributed by atoms with Crippen molar-refractivity contribution in [3.63, 3.8) is 0 Å². The Kier molecular flexibility index (Phi) is 3.53. The highest BCUT2D eigenvalue weighted by atomic mass is 32.1. The van der Waals surface area contributed by atoms with E-state index in [-0.39, 0.29) is 18.5 Å². The molecule has 24 heavy (non-hydrogen) atoms. The number of nitrogens with one attached hydrogen (secondary N) is 1. The molecule has 0 saturated carbocycles. The zero-order valence-corrected chi connectivity index (χ0v) is 14.1. The van der Waals surface area contributed by atoms with E-state index in [0.717, 1.165) is 17.5 Å². The van der Waals surface area contributed by atoms with Gasteiger partial charge in [0.25, 0.3) is 5.91 Å². The maximum absolute atomic E-state index is 13.0. The van der Waals surface area contributed by atoms with Crippen LogP contribution < -0.4 is 10.1 Å². The summed E-state index contributed by atoms with van der Waals surface area (Å²) >= 11 is 1.25. The number of aromatic nitrogens is 1. The van der Waals surface area contributed by atoms with Crippen LogP contribution in [0.1, 0.15) is 23.1 Å². The predicted octanol–water partition coefficient (Wildman–Crippen LogP) is 2.13. The van der Waals surface area contributed by atoms with E-state index >= 15 is 0 Å². The van der Waals surface area contributed by atoms with Crippen LogP contribution in [-0.2, 0) is 24.2 Å². The number of imide groups is 1. The number of amides is 3. The summed E-state index contributed by atoms with van der Waals surface area (Å²) in [6, 6.07) is 7.76. The van der Waals surface area contributed by atoms with Crippen molar-refractivity contribution in [2.45, 2.75) is 31.3 Å². The minimum Gasteiger partial charge on any atom is -0.480 e. The Bertz CT molecular complexity index is 819. The topological polar surface area (TPSA) is 71.5 Å². The van der Waals surface area contributed by atoms with Gasteiger partial charge in [0.1, 0.15) is 5.54 Å². The molecule has 1 aliphatic carbocycles. The fourth-order valence-corrected chi connectivity index (χ4v) is 4.18. The van der Waals surface area contributed by atoms with Crippen LogP contribution in [0.5, 0.6) is 5.88 Å². The molecule has 1 spiro atoms. The van der Waals surface area contributed by atoms with Gasteiger partial charge in [-0.1, -0.05) is 24.3 Å². The molecular weight excluding hydrogens is 326 g/mol. The summed E-state index contributed by atoms with van der Waals surface area (Å²) in [5, 5.41) is 4.75. The molecule has 124 valence electrons. The maximum Gasteiger partial charge on any atom is 0.325 e. The van der Waals surface area contributed by atoms with Gasteiger partial charge >= 0.3 is 6.03 Å². The van der Waals surface area contributed by atoms with Gasteiger partial charge in [-0.25, -0.2) is 4.79 Å². The van der Waals surface area contributed by atoms with E-state index in [9.17, 15) is 9.59 Å². The Morgan fingerprint density at radius 3 is 2.92 bits per heavy atom. The Morgan fingerprint density at radius 1 is 1.33 bits per heavy atom. The Hall–Kier alpha value is -2.41. The molecule has 4 rings (SSSR count). The summed E-state index contributed by atoms with van der Waals surface area (Å²) in [6.07, 6.45) is 1.97. The van der Waals surface area contributed by atoms with Crippen molar-refractivity contribution in [3.05, 3.63) is 46.3 Å². The van der Waals surface area contributed by atoms with Crippen LogP contribution in [0.4, 0.5) is 4.79 Å². The standard InChI is InChI=1S/C17H17N3O3S/c1-23-14-13(10-24-19-14)9-20-15(21)17(18-16(20)22)7-6-11-4-2-3-5-12(11)8-17/h2-5,10H,6-9H2,1H3,(H,18,22). The van der Waals surface area contributed by atoms with E-state index in [1.165, 1.54) is 29.1 Å². The molecule has 6 nitrogen and oxygen atoms in total. The minimum absolute atomic E-state index is 0.157. The average molecular weight is 343 g/mol. The maximum atomic E-state index is 13.0. The van der Waals surface area contributed by atoms with Crippen LogP contribution >= 0.6 is 11.5 Å². The molecule has 2 aliphatic rings. The third-order valence-electron chi connectivity index (χ3n) is 4.80. The van der Waals surface area contributed by atoms with Gasteiger partial charge in [0.2, 0.25) is 5.88 Å². The van der Waals surface area contributed by atoms with E-state index in [2.05, 4.69) is 15.8 Å². The highest BCUT2D eigenvalue weighted by Crippen LogP contribution is 2.34. The molecule has 7 heteroatoms. The van der Waals surface area contributed by atoms with Crippen molar-refractivity contribution < 1.29 is 14.3 Å². The lowest BCUT2D eigenvalue weighted by Crippen LogP contribution is -2.51. The second-order valence-electron chi connectivity index (χ2n) is 6.20. The second kappa shape index (κ2) is 5.59. The fraction of sp³-hybridized carbons (Fsp3) is 0.353. The molecule has 1 fully saturated rings. The van der Waals surface area contributed by atoms with Gasteiger partial charge in [-0.3, -0.25) is 9.69 Å². The van der Waals surface area contributed by atoms with E-state index in [1.807, 2.05) is 18.2 Å². The molecule has 1 atom stereocenters. The van der Waals surface area contributed by atoms with Gasteiger partial charge < -0.3 is 10.1 Å². The van der Waals surface area contributed by atoms with Crippen molar-refractivity contribution in [1.29, 1.82) is 0 Å². The number of carbonyl (C=O) groups is 2. The lowest BCUT2D eigenvalue weighted by atomic mass is 9.78. The van der Waals surface area contributed by atoms with Crippen molar-refractivity contribution >= 4 is 23.5 Å². The highest BCUT2D eigenvalue weighted by molar-refractivity contribution is 7.03. The van der Waals surface area contributed by atoms with Crippen molar-refractivity contribution in [2.75, 3.05) is 7.11 Å².